The van der Waals surface area contributed by atoms with Crippen molar-refractivity contribution in [1.82, 2.24) is 10.3 Å². The van der Waals surface area contributed by atoms with Crippen molar-refractivity contribution in [2.45, 2.75) is 13.0 Å². The molecule has 0 aliphatic carbocycles. The van der Waals surface area contributed by atoms with Crippen molar-refractivity contribution < 1.29 is 4.74 Å². The van der Waals surface area contributed by atoms with E-state index in [0.717, 1.165) is 18.4 Å². The summed E-state index contributed by atoms with van der Waals surface area (Å²) in [7, 11) is 1.93. The molecular weight excluding hydrogens is 224 g/mol. The number of pyridine rings is 1. The molecule has 0 unspecified atom stereocenters. The molecule has 18 heavy (non-hydrogen) atoms. The maximum Gasteiger partial charge on any atom is 0.221 e. The molecule has 0 saturated carbocycles. The number of hydrogen-bond donors (Lipinski definition) is 1. The first-order valence-corrected chi connectivity index (χ1v) is 6.11. The summed E-state index contributed by atoms with van der Waals surface area (Å²) in [6, 6.07) is 8.19. The lowest BCUT2D eigenvalue weighted by atomic mass is 10.1. The Labute approximate surface area is 107 Å². The molecule has 0 radical (unpaired) electrons. The Balaban J connectivity index is 2.37. The second-order valence-electron chi connectivity index (χ2n) is 4.09. The van der Waals surface area contributed by atoms with Crippen LogP contribution in [0.25, 0.3) is 10.8 Å². The summed E-state index contributed by atoms with van der Waals surface area (Å²) in [5, 5.41) is 5.41. The fourth-order valence-corrected chi connectivity index (χ4v) is 1.91. The zero-order valence-electron chi connectivity index (χ0n) is 10.6. The Kier molecular flexibility index (Phi) is 4.31. The Morgan fingerprint density at radius 3 is 2.83 bits per heavy atom. The molecule has 1 aromatic heterocycles. The van der Waals surface area contributed by atoms with E-state index in [4.69, 9.17) is 4.74 Å². The molecule has 0 fully saturated rings. The molecule has 0 amide bonds. The standard InChI is InChI=1S/C15H18N2O/c1-3-4-9-18-15-14-8-6-5-7-13(14)12(10-16-2)11-17-15/h3,5-8,11,16H,1,4,9-10H2,2H3. The van der Waals surface area contributed by atoms with Crippen LogP contribution in [0.4, 0.5) is 0 Å². The topological polar surface area (TPSA) is 34.1 Å². The van der Waals surface area contributed by atoms with E-state index in [1.807, 2.05) is 37.5 Å². The van der Waals surface area contributed by atoms with Gasteiger partial charge in [0.05, 0.1) is 6.61 Å². The van der Waals surface area contributed by atoms with Gasteiger partial charge in [0.1, 0.15) is 0 Å². The number of ether oxygens (including phenoxy) is 1. The number of fused-ring (bicyclic) bond motifs is 1. The van der Waals surface area contributed by atoms with Gasteiger partial charge in [0.25, 0.3) is 0 Å². The molecule has 1 aromatic carbocycles. The predicted octanol–water partition coefficient (Wildman–Crippen LogP) is 2.91. The highest BCUT2D eigenvalue weighted by Gasteiger charge is 2.07. The zero-order valence-corrected chi connectivity index (χ0v) is 10.6. The van der Waals surface area contributed by atoms with Crippen LogP contribution >= 0.6 is 0 Å². The lowest BCUT2D eigenvalue weighted by molar-refractivity contribution is 0.316. The Bertz CT molecular complexity index is 537. The summed E-state index contributed by atoms with van der Waals surface area (Å²) in [5.41, 5.74) is 1.18. The Hall–Kier alpha value is -1.87. The summed E-state index contributed by atoms with van der Waals surface area (Å²) in [6.07, 6.45) is 4.55. The highest BCUT2D eigenvalue weighted by molar-refractivity contribution is 5.89. The van der Waals surface area contributed by atoms with Crippen molar-refractivity contribution in [3.63, 3.8) is 0 Å². The molecule has 2 aromatic rings. The van der Waals surface area contributed by atoms with Crippen LogP contribution in [0.15, 0.2) is 43.1 Å². The predicted molar refractivity (Wildman–Crippen MR) is 74.8 cm³/mol. The average Bonchev–Trinajstić information content (AvgIpc) is 2.41. The average molecular weight is 242 g/mol. The van der Waals surface area contributed by atoms with Crippen LogP contribution in [0.5, 0.6) is 5.88 Å². The molecule has 1 heterocycles. The molecule has 0 aliphatic rings. The van der Waals surface area contributed by atoms with Crippen molar-refractivity contribution in [2.75, 3.05) is 13.7 Å². The van der Waals surface area contributed by atoms with Crippen molar-refractivity contribution in [2.24, 2.45) is 0 Å². The van der Waals surface area contributed by atoms with Gasteiger partial charge in [-0.05, 0) is 30.5 Å². The zero-order chi connectivity index (χ0) is 12.8. The summed E-state index contributed by atoms with van der Waals surface area (Å²) in [4.78, 5) is 4.40. The fourth-order valence-electron chi connectivity index (χ4n) is 1.91. The van der Waals surface area contributed by atoms with Gasteiger partial charge in [-0.1, -0.05) is 24.3 Å². The number of nitrogens with zero attached hydrogens (tertiary/aromatic N) is 1. The third-order valence-electron chi connectivity index (χ3n) is 2.77. The van der Waals surface area contributed by atoms with Gasteiger partial charge >= 0.3 is 0 Å². The minimum Gasteiger partial charge on any atom is -0.477 e. The van der Waals surface area contributed by atoms with Crippen LogP contribution in [0.1, 0.15) is 12.0 Å². The normalized spacial score (nSPS) is 10.5. The van der Waals surface area contributed by atoms with Crippen LogP contribution in [0, 0.1) is 0 Å². The summed E-state index contributed by atoms with van der Waals surface area (Å²) >= 11 is 0. The van der Waals surface area contributed by atoms with Gasteiger partial charge in [-0.15, -0.1) is 6.58 Å². The largest absolute Gasteiger partial charge is 0.477 e. The maximum absolute atomic E-state index is 5.69. The molecule has 3 heteroatoms. The molecule has 2 rings (SSSR count). The van der Waals surface area contributed by atoms with E-state index in [9.17, 15) is 0 Å². The highest BCUT2D eigenvalue weighted by Crippen LogP contribution is 2.26. The van der Waals surface area contributed by atoms with E-state index in [1.165, 1.54) is 10.9 Å². The molecular formula is C15H18N2O. The number of hydrogen-bond acceptors (Lipinski definition) is 3. The molecule has 3 nitrogen and oxygen atoms in total. The monoisotopic (exact) mass is 242 g/mol. The Morgan fingerprint density at radius 2 is 2.11 bits per heavy atom. The Morgan fingerprint density at radius 1 is 1.33 bits per heavy atom. The second kappa shape index (κ2) is 6.17. The second-order valence-corrected chi connectivity index (χ2v) is 4.09. The van der Waals surface area contributed by atoms with Gasteiger partial charge in [-0.2, -0.15) is 0 Å². The highest BCUT2D eigenvalue weighted by atomic mass is 16.5. The van der Waals surface area contributed by atoms with Crippen molar-refractivity contribution in [1.29, 1.82) is 0 Å². The third kappa shape index (κ3) is 2.68. The van der Waals surface area contributed by atoms with Gasteiger partial charge in [0, 0.05) is 18.1 Å². The summed E-state index contributed by atoms with van der Waals surface area (Å²) in [6.45, 7) is 5.11. The van der Waals surface area contributed by atoms with Gasteiger partial charge in [0.15, 0.2) is 0 Å². The summed E-state index contributed by atoms with van der Waals surface area (Å²) < 4.78 is 5.69. The summed E-state index contributed by atoms with van der Waals surface area (Å²) in [5.74, 6) is 0.701. The van der Waals surface area contributed by atoms with Gasteiger partial charge in [-0.25, -0.2) is 4.98 Å². The fraction of sp³-hybridized carbons (Fsp3) is 0.267. The van der Waals surface area contributed by atoms with Crippen LogP contribution in [-0.2, 0) is 6.54 Å². The van der Waals surface area contributed by atoms with Crippen molar-refractivity contribution >= 4 is 10.8 Å². The molecule has 0 spiro atoms. The van der Waals surface area contributed by atoms with E-state index in [0.29, 0.717) is 12.5 Å². The molecule has 1 N–H and O–H groups in total. The minimum absolute atomic E-state index is 0.617. The SMILES string of the molecule is C=CCCOc1ncc(CNC)c2ccccc12. The minimum atomic E-state index is 0.617. The molecule has 0 atom stereocenters. The molecule has 94 valence electrons. The first-order valence-electron chi connectivity index (χ1n) is 6.11. The molecule has 0 aliphatic heterocycles. The molecule has 0 bridgehead atoms. The number of aromatic nitrogens is 1. The van der Waals surface area contributed by atoms with Crippen LogP contribution in [0.3, 0.4) is 0 Å². The van der Waals surface area contributed by atoms with E-state index >= 15 is 0 Å². The van der Waals surface area contributed by atoms with Crippen LogP contribution < -0.4 is 10.1 Å². The first-order chi connectivity index (χ1) is 8.86. The maximum atomic E-state index is 5.69. The van der Waals surface area contributed by atoms with E-state index in [-0.39, 0.29) is 0 Å². The quantitative estimate of drug-likeness (QED) is 0.624. The number of nitrogens with one attached hydrogen (secondary N) is 1. The number of benzene rings is 1. The van der Waals surface area contributed by atoms with Crippen molar-refractivity contribution in [3.05, 3.63) is 48.7 Å². The lowest BCUT2D eigenvalue weighted by Crippen LogP contribution is -2.07. The van der Waals surface area contributed by atoms with E-state index < -0.39 is 0 Å². The van der Waals surface area contributed by atoms with Gasteiger partial charge in [-0.3, -0.25) is 0 Å². The van der Waals surface area contributed by atoms with Crippen LogP contribution in [0.2, 0.25) is 0 Å². The van der Waals surface area contributed by atoms with Crippen LogP contribution in [-0.4, -0.2) is 18.6 Å². The lowest BCUT2D eigenvalue weighted by Gasteiger charge is -2.10. The number of rotatable bonds is 6. The first kappa shape index (κ1) is 12.6. The van der Waals surface area contributed by atoms with Crippen molar-refractivity contribution in [3.8, 4) is 5.88 Å². The van der Waals surface area contributed by atoms with E-state index in [2.05, 4.69) is 22.9 Å². The van der Waals surface area contributed by atoms with Gasteiger partial charge in [0.2, 0.25) is 5.88 Å². The van der Waals surface area contributed by atoms with Gasteiger partial charge < -0.3 is 10.1 Å². The molecule has 0 saturated heterocycles. The third-order valence-corrected chi connectivity index (χ3v) is 2.77. The van der Waals surface area contributed by atoms with E-state index in [1.54, 1.807) is 0 Å². The smallest absolute Gasteiger partial charge is 0.221 e.